The van der Waals surface area contributed by atoms with Gasteiger partial charge in [0.25, 0.3) is 0 Å². The second-order valence-electron chi connectivity index (χ2n) is 10.6. The van der Waals surface area contributed by atoms with Gasteiger partial charge in [-0.1, -0.05) is 56.8 Å². The quantitative estimate of drug-likeness (QED) is 0.121. The number of H-pyrrole nitrogens is 1. The first-order chi connectivity index (χ1) is 21.1. The molecule has 0 radical (unpaired) electrons. The molecule has 3 aromatic heterocycles. The molecule has 0 amide bonds. The summed E-state index contributed by atoms with van der Waals surface area (Å²) in [6, 6.07) is 11.8. The van der Waals surface area contributed by atoms with Crippen LogP contribution in [0.4, 0.5) is 15.9 Å². The van der Waals surface area contributed by atoms with Crippen LogP contribution in [0.1, 0.15) is 62.8 Å². The third kappa shape index (κ3) is 7.90. The summed E-state index contributed by atoms with van der Waals surface area (Å²) >= 11 is 8.13. The molecule has 10 heteroatoms. The topological polar surface area (TPSA) is 87.8 Å². The number of fused-ring (bicyclic) bond motifs is 5. The van der Waals surface area contributed by atoms with Gasteiger partial charge < -0.3 is 15.4 Å². The van der Waals surface area contributed by atoms with E-state index in [9.17, 15) is 4.39 Å². The van der Waals surface area contributed by atoms with Crippen molar-refractivity contribution >= 4 is 44.7 Å². The van der Waals surface area contributed by atoms with Crippen LogP contribution >= 0.6 is 22.9 Å². The van der Waals surface area contributed by atoms with Crippen molar-refractivity contribution in [1.29, 1.82) is 0 Å². The smallest absolute Gasteiger partial charge is 0.142 e. The van der Waals surface area contributed by atoms with Crippen molar-refractivity contribution in [3.63, 3.8) is 0 Å². The number of halogens is 2. The zero-order valence-corrected chi connectivity index (χ0v) is 26.3. The summed E-state index contributed by atoms with van der Waals surface area (Å²) in [5.41, 5.74) is 5.08. The lowest BCUT2D eigenvalue weighted by molar-refractivity contribution is 0.306. The van der Waals surface area contributed by atoms with E-state index in [4.69, 9.17) is 16.3 Å². The molecular weight excluding hydrogens is 583 g/mol. The van der Waals surface area contributed by atoms with Gasteiger partial charge in [-0.05, 0) is 80.2 Å². The van der Waals surface area contributed by atoms with Crippen molar-refractivity contribution in [2.24, 2.45) is 0 Å². The Bertz CT molecular complexity index is 1630. The summed E-state index contributed by atoms with van der Waals surface area (Å²) in [4.78, 5) is 11.1. The number of hydrogen-bond donors (Lipinski definition) is 3. The third-order valence-electron chi connectivity index (χ3n) is 7.32. The van der Waals surface area contributed by atoms with Crippen LogP contribution in [0.25, 0.3) is 20.7 Å². The predicted molar refractivity (Wildman–Crippen MR) is 175 cm³/mol. The van der Waals surface area contributed by atoms with E-state index in [0.717, 1.165) is 51.4 Å². The zero-order chi connectivity index (χ0) is 30.0. The Hall–Kier alpha value is -3.53. The highest BCUT2D eigenvalue weighted by Gasteiger charge is 2.25. The molecule has 7 nitrogen and oxygen atoms in total. The first-order valence-corrected chi connectivity index (χ1v) is 16.2. The Morgan fingerprint density at radius 2 is 1.88 bits per heavy atom. The SMILES string of the molecule is CCCCCNCCCC.Fc1cccc(COc2ccc(Nc3ncnc4sc5c(c34)CCc3[nH]ncc3-5)cc2Cl)c1. The lowest BCUT2D eigenvalue weighted by atomic mass is 9.95. The van der Waals surface area contributed by atoms with E-state index in [1.54, 1.807) is 41.9 Å². The summed E-state index contributed by atoms with van der Waals surface area (Å²) in [6.07, 6.45) is 11.9. The number of ether oxygens (including phenoxy) is 1. The van der Waals surface area contributed by atoms with Crippen molar-refractivity contribution in [2.75, 3.05) is 18.4 Å². The van der Waals surface area contributed by atoms with Gasteiger partial charge in [-0.2, -0.15) is 5.10 Å². The van der Waals surface area contributed by atoms with Gasteiger partial charge in [0.15, 0.2) is 0 Å². The summed E-state index contributed by atoms with van der Waals surface area (Å²) in [7, 11) is 0. The molecule has 0 atom stereocenters. The third-order valence-corrected chi connectivity index (χ3v) is 8.79. The monoisotopic (exact) mass is 620 g/mol. The van der Waals surface area contributed by atoms with Crippen LogP contribution in [0.15, 0.2) is 55.0 Å². The van der Waals surface area contributed by atoms with E-state index >= 15 is 0 Å². The number of aryl methyl sites for hydroxylation is 2. The highest BCUT2D eigenvalue weighted by Crippen LogP contribution is 2.45. The van der Waals surface area contributed by atoms with Gasteiger partial charge in [-0.3, -0.25) is 5.10 Å². The number of aromatic amines is 1. The van der Waals surface area contributed by atoms with Gasteiger partial charge in [0, 0.05) is 21.8 Å². The molecule has 0 fully saturated rings. The highest BCUT2D eigenvalue weighted by atomic mass is 35.5. The van der Waals surface area contributed by atoms with Crippen molar-refractivity contribution < 1.29 is 9.13 Å². The van der Waals surface area contributed by atoms with Gasteiger partial charge in [-0.15, -0.1) is 11.3 Å². The molecular formula is C33H38ClFN6OS. The van der Waals surface area contributed by atoms with Gasteiger partial charge >= 0.3 is 0 Å². The Morgan fingerprint density at radius 3 is 2.70 bits per heavy atom. The van der Waals surface area contributed by atoms with Crippen LogP contribution in [-0.4, -0.2) is 33.3 Å². The Labute approximate surface area is 261 Å². The number of hydrogen-bond acceptors (Lipinski definition) is 7. The van der Waals surface area contributed by atoms with Crippen LogP contribution in [0, 0.1) is 5.82 Å². The van der Waals surface area contributed by atoms with Gasteiger partial charge in [0.2, 0.25) is 0 Å². The van der Waals surface area contributed by atoms with E-state index in [0.29, 0.717) is 10.8 Å². The molecule has 0 bridgehead atoms. The van der Waals surface area contributed by atoms with Crippen LogP contribution in [0.3, 0.4) is 0 Å². The Morgan fingerprint density at radius 1 is 1.02 bits per heavy atom. The second kappa shape index (κ2) is 15.3. The van der Waals surface area contributed by atoms with Crippen LogP contribution < -0.4 is 15.4 Å². The number of unbranched alkanes of at least 4 members (excludes halogenated alkanes) is 3. The number of aromatic nitrogens is 4. The summed E-state index contributed by atoms with van der Waals surface area (Å²) < 4.78 is 19.2. The molecule has 226 valence electrons. The predicted octanol–water partition coefficient (Wildman–Crippen LogP) is 8.86. The summed E-state index contributed by atoms with van der Waals surface area (Å²) in [5.74, 6) is 0.978. The van der Waals surface area contributed by atoms with Gasteiger partial charge in [-0.25, -0.2) is 14.4 Å². The number of benzene rings is 2. The molecule has 1 aliphatic rings. The molecule has 0 spiro atoms. The fourth-order valence-electron chi connectivity index (χ4n) is 5.04. The fraction of sp³-hybridized carbons (Fsp3) is 0.364. The molecule has 0 saturated carbocycles. The van der Waals surface area contributed by atoms with Crippen molar-refractivity contribution in [3.8, 4) is 16.2 Å². The largest absolute Gasteiger partial charge is 0.487 e. The van der Waals surface area contributed by atoms with Gasteiger partial charge in [0.05, 0.1) is 16.6 Å². The molecule has 0 aliphatic heterocycles. The minimum absolute atomic E-state index is 0.230. The van der Waals surface area contributed by atoms with E-state index in [-0.39, 0.29) is 12.4 Å². The molecule has 5 aromatic rings. The molecule has 6 rings (SSSR count). The zero-order valence-electron chi connectivity index (χ0n) is 24.7. The van der Waals surface area contributed by atoms with Crippen LogP contribution in [0.5, 0.6) is 5.75 Å². The maximum absolute atomic E-state index is 13.4. The molecule has 3 heterocycles. The maximum atomic E-state index is 13.4. The Kier molecular flexibility index (Phi) is 11.0. The van der Waals surface area contributed by atoms with E-state index in [1.165, 1.54) is 67.8 Å². The average Bonchev–Trinajstić information content (AvgIpc) is 3.64. The minimum Gasteiger partial charge on any atom is -0.487 e. The first-order valence-electron chi connectivity index (χ1n) is 15.0. The Balaban J connectivity index is 0.000000319. The molecule has 1 aliphatic carbocycles. The number of anilines is 2. The second-order valence-corrected chi connectivity index (χ2v) is 12.0. The minimum atomic E-state index is -0.294. The van der Waals surface area contributed by atoms with E-state index < -0.39 is 0 Å². The lowest BCUT2D eigenvalue weighted by Crippen LogP contribution is -2.16. The normalized spacial score (nSPS) is 11.9. The van der Waals surface area contributed by atoms with Crippen molar-refractivity contribution in [3.05, 3.63) is 82.6 Å². The van der Waals surface area contributed by atoms with Crippen molar-refractivity contribution in [1.82, 2.24) is 25.5 Å². The number of nitrogens with one attached hydrogen (secondary N) is 3. The van der Waals surface area contributed by atoms with E-state index in [1.807, 2.05) is 12.3 Å². The van der Waals surface area contributed by atoms with Gasteiger partial charge in [0.1, 0.15) is 35.1 Å². The molecule has 2 aromatic carbocycles. The summed E-state index contributed by atoms with van der Waals surface area (Å²) in [5, 5.41) is 15.6. The fourth-order valence-corrected chi connectivity index (χ4v) is 6.50. The molecule has 0 saturated heterocycles. The molecule has 3 N–H and O–H groups in total. The maximum Gasteiger partial charge on any atom is 0.142 e. The first kappa shape index (κ1) is 30.9. The molecule has 43 heavy (non-hydrogen) atoms. The highest BCUT2D eigenvalue weighted by molar-refractivity contribution is 7.22. The number of nitrogens with zero attached hydrogens (tertiary/aromatic N) is 3. The standard InChI is InChI=1S/C24H17ClFN5OS.C9H21N/c25-18-9-15(4-7-20(18)32-11-13-2-1-3-14(26)8-13)30-23-21-16-5-6-19-17(10-29-31-19)22(16)33-24(21)28-12-27-23;1-3-5-7-9-10-8-6-4-2/h1-4,7-10,12H,5-6,11H2,(H,29,31)(H,27,28,30);10H,3-9H2,1-2H3. The van der Waals surface area contributed by atoms with Crippen molar-refractivity contribution in [2.45, 2.75) is 65.4 Å². The van der Waals surface area contributed by atoms with E-state index in [2.05, 4.69) is 44.6 Å². The summed E-state index contributed by atoms with van der Waals surface area (Å²) in [6.45, 7) is 7.13. The average molecular weight is 621 g/mol. The molecule has 0 unspecified atom stereocenters. The number of thiophene rings is 1. The van der Waals surface area contributed by atoms with Crippen LogP contribution in [0.2, 0.25) is 5.02 Å². The lowest BCUT2D eigenvalue weighted by Gasteiger charge is -2.14. The van der Waals surface area contributed by atoms with Crippen LogP contribution in [-0.2, 0) is 19.4 Å². The number of rotatable bonds is 12.